The van der Waals surface area contributed by atoms with Crippen LogP contribution in [-0.4, -0.2) is 8.42 Å². The van der Waals surface area contributed by atoms with Crippen LogP contribution in [0.4, 0.5) is 5.69 Å². The van der Waals surface area contributed by atoms with Crippen LogP contribution in [0.15, 0.2) is 41.3 Å². The van der Waals surface area contributed by atoms with E-state index in [2.05, 4.69) is 4.72 Å². The average Bonchev–Trinajstić information content (AvgIpc) is 2.41. The van der Waals surface area contributed by atoms with Gasteiger partial charge in [0.1, 0.15) is 11.0 Å². The van der Waals surface area contributed by atoms with Gasteiger partial charge in [0.15, 0.2) is 0 Å². The Morgan fingerprint density at radius 3 is 2.29 bits per heavy atom. The first-order valence-electron chi connectivity index (χ1n) is 5.51. The van der Waals surface area contributed by atoms with Crippen molar-refractivity contribution in [1.82, 2.24) is 0 Å². The van der Waals surface area contributed by atoms with Crippen molar-refractivity contribution < 1.29 is 8.42 Å². The number of nitrogens with one attached hydrogen (secondary N) is 1. The molecule has 0 aliphatic carbocycles. The summed E-state index contributed by atoms with van der Waals surface area (Å²) < 4.78 is 27.0. The van der Waals surface area contributed by atoms with E-state index in [0.29, 0.717) is 5.02 Å². The lowest BCUT2D eigenvalue weighted by molar-refractivity contribution is 0.601. The number of benzene rings is 2. The van der Waals surface area contributed by atoms with Gasteiger partial charge in [-0.1, -0.05) is 34.8 Å². The fourth-order valence-electron chi connectivity index (χ4n) is 1.58. The molecule has 0 aromatic heterocycles. The molecule has 0 aliphatic heterocycles. The third kappa shape index (κ3) is 3.60. The summed E-state index contributed by atoms with van der Waals surface area (Å²) in [4.78, 5) is -0.180. The second kappa shape index (κ2) is 6.12. The molecule has 0 bridgehead atoms. The van der Waals surface area contributed by atoms with E-state index >= 15 is 0 Å². The van der Waals surface area contributed by atoms with Crippen LogP contribution >= 0.6 is 34.8 Å². The average molecular weight is 362 g/mol. The summed E-state index contributed by atoms with van der Waals surface area (Å²) in [6, 6.07) is 10.2. The molecular formula is C13H7Cl3N2O2S. The molecule has 1 N–H and O–H groups in total. The monoisotopic (exact) mass is 360 g/mol. The van der Waals surface area contributed by atoms with Gasteiger partial charge in [-0.25, -0.2) is 8.42 Å². The van der Waals surface area contributed by atoms with E-state index in [-0.39, 0.29) is 26.2 Å². The van der Waals surface area contributed by atoms with Crippen molar-refractivity contribution in [3.63, 3.8) is 0 Å². The minimum atomic E-state index is -3.99. The summed E-state index contributed by atoms with van der Waals surface area (Å²) in [5.41, 5.74) is 0.210. The van der Waals surface area contributed by atoms with Gasteiger partial charge in [0, 0.05) is 10.0 Å². The fourth-order valence-corrected chi connectivity index (χ4v) is 3.59. The van der Waals surface area contributed by atoms with Crippen molar-refractivity contribution in [2.45, 2.75) is 4.90 Å². The molecule has 2 rings (SSSR count). The lowest BCUT2D eigenvalue weighted by Crippen LogP contribution is -2.14. The Morgan fingerprint density at radius 1 is 1.00 bits per heavy atom. The molecule has 0 saturated carbocycles. The molecule has 0 saturated heterocycles. The molecule has 0 aliphatic rings. The predicted molar refractivity (Wildman–Crippen MR) is 83.4 cm³/mol. The molecule has 21 heavy (non-hydrogen) atoms. The predicted octanol–water partition coefficient (Wildman–Crippen LogP) is 4.32. The number of nitrogens with zero attached hydrogens (tertiary/aromatic N) is 1. The van der Waals surface area contributed by atoms with Gasteiger partial charge in [-0.15, -0.1) is 0 Å². The van der Waals surface area contributed by atoms with E-state index in [0.717, 1.165) is 0 Å². The minimum absolute atomic E-state index is 0.0208. The summed E-state index contributed by atoms with van der Waals surface area (Å²) in [5.74, 6) is 0. The van der Waals surface area contributed by atoms with E-state index < -0.39 is 10.0 Å². The molecule has 0 fully saturated rings. The highest BCUT2D eigenvalue weighted by molar-refractivity contribution is 7.92. The number of hydrogen-bond donors (Lipinski definition) is 1. The van der Waals surface area contributed by atoms with Crippen molar-refractivity contribution in [3.8, 4) is 6.07 Å². The van der Waals surface area contributed by atoms with Crippen molar-refractivity contribution in [2.24, 2.45) is 0 Å². The summed E-state index contributed by atoms with van der Waals surface area (Å²) in [6.07, 6.45) is 0. The molecule has 2 aromatic rings. The minimum Gasteiger partial charge on any atom is -0.278 e. The van der Waals surface area contributed by atoms with Crippen molar-refractivity contribution >= 4 is 50.5 Å². The quantitative estimate of drug-likeness (QED) is 0.885. The summed E-state index contributed by atoms with van der Waals surface area (Å²) in [5, 5.41) is 9.54. The summed E-state index contributed by atoms with van der Waals surface area (Å²) in [7, 11) is -3.99. The van der Waals surface area contributed by atoms with E-state index in [1.807, 2.05) is 6.07 Å². The first-order valence-corrected chi connectivity index (χ1v) is 8.13. The number of sulfonamides is 1. The van der Waals surface area contributed by atoms with Gasteiger partial charge in [-0.3, -0.25) is 4.72 Å². The van der Waals surface area contributed by atoms with Crippen LogP contribution in [0, 0.1) is 11.3 Å². The van der Waals surface area contributed by atoms with Crippen LogP contribution < -0.4 is 4.72 Å². The highest BCUT2D eigenvalue weighted by Gasteiger charge is 2.20. The summed E-state index contributed by atoms with van der Waals surface area (Å²) >= 11 is 17.5. The highest BCUT2D eigenvalue weighted by Crippen LogP contribution is 2.28. The normalized spacial score (nSPS) is 11.0. The lowest BCUT2D eigenvalue weighted by atomic mass is 10.2. The third-order valence-electron chi connectivity index (χ3n) is 2.53. The topological polar surface area (TPSA) is 70.0 Å². The maximum Gasteiger partial charge on any atom is 0.263 e. The highest BCUT2D eigenvalue weighted by atomic mass is 35.5. The van der Waals surface area contributed by atoms with Gasteiger partial charge >= 0.3 is 0 Å². The molecule has 4 nitrogen and oxygen atoms in total. The second-order valence-corrected chi connectivity index (χ2v) is 6.91. The SMILES string of the molecule is N#Cc1ccc(Cl)cc1NS(=O)(=O)c1cc(Cl)ccc1Cl. The van der Waals surface area contributed by atoms with Crippen LogP contribution in [0.2, 0.25) is 15.1 Å². The number of nitriles is 1. The molecule has 0 amide bonds. The smallest absolute Gasteiger partial charge is 0.263 e. The molecular weight excluding hydrogens is 355 g/mol. The van der Waals surface area contributed by atoms with Gasteiger partial charge in [0.2, 0.25) is 0 Å². The number of anilines is 1. The maximum absolute atomic E-state index is 12.3. The molecule has 0 spiro atoms. The van der Waals surface area contributed by atoms with E-state index in [1.165, 1.54) is 36.4 Å². The maximum atomic E-state index is 12.3. The van der Waals surface area contributed by atoms with E-state index in [4.69, 9.17) is 40.1 Å². The molecule has 0 unspecified atom stereocenters. The summed E-state index contributed by atoms with van der Waals surface area (Å²) in [6.45, 7) is 0. The van der Waals surface area contributed by atoms with Gasteiger partial charge in [-0.2, -0.15) is 5.26 Å². The van der Waals surface area contributed by atoms with E-state index in [1.54, 1.807) is 0 Å². The van der Waals surface area contributed by atoms with Crippen molar-refractivity contribution in [2.75, 3.05) is 4.72 Å². The second-order valence-electron chi connectivity index (χ2n) is 3.98. The molecule has 8 heteroatoms. The molecule has 108 valence electrons. The third-order valence-corrected chi connectivity index (χ3v) is 4.85. The molecule has 0 radical (unpaired) electrons. The Morgan fingerprint density at radius 2 is 1.62 bits per heavy atom. The van der Waals surface area contributed by atoms with E-state index in [9.17, 15) is 8.42 Å². The Labute approximate surface area is 136 Å². The Kier molecular flexibility index (Phi) is 4.64. The van der Waals surface area contributed by atoms with Crippen molar-refractivity contribution in [1.29, 1.82) is 5.26 Å². The van der Waals surface area contributed by atoms with Gasteiger partial charge in [0.05, 0.1) is 16.3 Å². The van der Waals surface area contributed by atoms with Crippen LogP contribution in [0.25, 0.3) is 0 Å². The largest absolute Gasteiger partial charge is 0.278 e. The first-order chi connectivity index (χ1) is 9.83. The van der Waals surface area contributed by atoms with Crippen LogP contribution in [0.5, 0.6) is 0 Å². The number of rotatable bonds is 3. The van der Waals surface area contributed by atoms with Crippen LogP contribution in [-0.2, 0) is 10.0 Å². The standard InChI is InChI=1S/C13H7Cl3N2O2S/c14-9-2-1-8(7-17)12(5-9)18-21(19,20)13-6-10(15)3-4-11(13)16/h1-6,18H. The van der Waals surface area contributed by atoms with Gasteiger partial charge in [0.25, 0.3) is 10.0 Å². The zero-order valence-electron chi connectivity index (χ0n) is 10.3. The van der Waals surface area contributed by atoms with Crippen LogP contribution in [0.1, 0.15) is 5.56 Å². The molecule has 0 atom stereocenters. The zero-order valence-corrected chi connectivity index (χ0v) is 13.4. The first kappa shape index (κ1) is 15.9. The Bertz CT molecular complexity index is 845. The molecule has 2 aromatic carbocycles. The molecule has 0 heterocycles. The Balaban J connectivity index is 2.50. The lowest BCUT2D eigenvalue weighted by Gasteiger charge is -2.11. The van der Waals surface area contributed by atoms with Gasteiger partial charge in [-0.05, 0) is 36.4 Å². The zero-order chi connectivity index (χ0) is 15.6. The number of halogens is 3. The fraction of sp³-hybridized carbons (Fsp3) is 0. The van der Waals surface area contributed by atoms with Crippen LogP contribution in [0.3, 0.4) is 0 Å². The Hall–Kier alpha value is -1.45. The number of hydrogen-bond acceptors (Lipinski definition) is 3. The van der Waals surface area contributed by atoms with Crippen molar-refractivity contribution in [3.05, 3.63) is 57.0 Å². The van der Waals surface area contributed by atoms with Gasteiger partial charge < -0.3 is 0 Å².